The Morgan fingerprint density at radius 1 is 1.07 bits per heavy atom. The molecule has 18 nitrogen and oxygen atoms in total. The van der Waals surface area contributed by atoms with Crippen molar-refractivity contribution in [2.75, 3.05) is 43.5 Å². The van der Waals surface area contributed by atoms with Gasteiger partial charge in [0, 0.05) is 31.6 Å². The number of aliphatic carboxylic acids is 1. The second-order valence-electron chi connectivity index (χ2n) is 15.3. The standard InChI is InChI=1S/C14H7ClF3NO5.C14H20ClNO2.C11H13Cl2NO3.C5H12NO4P/c15-10-5-7(14(16,17)18)1-4-12(10)24-8-2-3-11(19(22)23)9(6-8)13(20)21;1-4-12-8-6-7-11(3)14(12)16(10-18-5-2)13(17)9-15;1-11(2)14(10(15)9(12)13)6-8(17-11)7-4-3-5-16-7;1-11(9,10)3-2-4(6)5(7)8/h1-6H,(H,20,21);6-8H,4-5,9-10H2,1-3H3;3-5,8-9H,6H2,1-2H3;4H,2-3,6H2,1H3,(H,7,8)(H,9,10). The molecule has 1 aromatic heterocycles. The summed E-state index contributed by atoms with van der Waals surface area (Å²) in [5.41, 5.74) is 5.23. The van der Waals surface area contributed by atoms with Crippen molar-refractivity contribution >= 4 is 88.9 Å². The molecule has 0 spiro atoms. The number of furan rings is 1. The quantitative estimate of drug-likeness (QED) is 0.0267. The van der Waals surface area contributed by atoms with Gasteiger partial charge in [-0.25, -0.2) is 4.79 Å². The van der Waals surface area contributed by atoms with Crippen molar-refractivity contribution in [2.45, 2.75) is 76.3 Å². The van der Waals surface area contributed by atoms with Crippen LogP contribution in [0, 0.1) is 17.0 Å². The van der Waals surface area contributed by atoms with Gasteiger partial charge >= 0.3 is 18.1 Å². The summed E-state index contributed by atoms with van der Waals surface area (Å²) in [6.07, 6.45) is -2.42. The van der Waals surface area contributed by atoms with Crippen molar-refractivity contribution in [3.8, 4) is 11.5 Å². The van der Waals surface area contributed by atoms with Gasteiger partial charge in [-0.3, -0.25) is 34.0 Å². The molecule has 26 heteroatoms. The molecule has 1 saturated heterocycles. The Morgan fingerprint density at radius 3 is 2.21 bits per heavy atom. The first-order chi connectivity index (χ1) is 32.5. The molecule has 4 aromatic rings. The fourth-order valence-corrected chi connectivity index (χ4v) is 7.49. The number of amides is 2. The number of carboxylic acid groups (broad SMARTS) is 2. The Kier molecular flexibility index (Phi) is 24.1. The zero-order valence-electron chi connectivity index (χ0n) is 38.5. The summed E-state index contributed by atoms with van der Waals surface area (Å²) in [5, 5.41) is 27.7. The van der Waals surface area contributed by atoms with E-state index in [0.717, 1.165) is 53.6 Å². The van der Waals surface area contributed by atoms with Crippen LogP contribution in [0.3, 0.4) is 0 Å². The molecule has 3 atom stereocenters. The van der Waals surface area contributed by atoms with E-state index in [1.807, 2.05) is 38.1 Å². The van der Waals surface area contributed by atoms with Crippen LogP contribution in [0.4, 0.5) is 24.5 Å². The molecular formula is C44H52Cl4F3N4O14P. The number of carboxylic acids is 2. The smallest absolute Gasteiger partial charge is 0.416 e. The number of nitro groups is 1. The number of rotatable bonds is 16. The van der Waals surface area contributed by atoms with Gasteiger partial charge < -0.3 is 44.4 Å². The molecule has 2 heterocycles. The van der Waals surface area contributed by atoms with Crippen LogP contribution in [0.1, 0.15) is 73.0 Å². The van der Waals surface area contributed by atoms with Gasteiger partial charge in [0.05, 0.1) is 34.0 Å². The monoisotopic (exact) mass is 1090 g/mol. The zero-order valence-corrected chi connectivity index (χ0v) is 42.4. The lowest BCUT2D eigenvalue weighted by Gasteiger charge is -2.29. The number of anilines is 1. The third-order valence-corrected chi connectivity index (χ3v) is 11.6. The van der Waals surface area contributed by atoms with Gasteiger partial charge in [-0.05, 0) is 88.1 Å². The number of nitrogens with two attached hydrogens (primary N) is 1. The maximum Gasteiger partial charge on any atom is 0.416 e. The molecule has 1 fully saturated rings. The largest absolute Gasteiger partial charge is 0.480 e. The van der Waals surface area contributed by atoms with Crippen molar-refractivity contribution in [1.29, 1.82) is 0 Å². The van der Waals surface area contributed by atoms with Crippen LogP contribution < -0.4 is 15.4 Å². The predicted octanol–water partition coefficient (Wildman–Crippen LogP) is 10.3. The van der Waals surface area contributed by atoms with E-state index in [0.29, 0.717) is 25.0 Å². The summed E-state index contributed by atoms with van der Waals surface area (Å²) in [5.74, 6) is -2.81. The van der Waals surface area contributed by atoms with E-state index in [4.69, 9.17) is 85.9 Å². The Balaban J connectivity index is 0.000000331. The van der Waals surface area contributed by atoms with E-state index in [1.165, 1.54) is 11.6 Å². The third kappa shape index (κ3) is 19.0. The number of ether oxygens (including phenoxy) is 3. The van der Waals surface area contributed by atoms with Gasteiger partial charge in [-0.2, -0.15) is 13.2 Å². The summed E-state index contributed by atoms with van der Waals surface area (Å²) in [7, 11) is -3.10. The number of nitro benzene ring substituents is 1. The molecule has 5 rings (SSSR count). The molecule has 1 aliphatic heterocycles. The number of hydrogen-bond acceptors (Lipinski definition) is 12. The van der Waals surface area contributed by atoms with Gasteiger partial charge in [-0.15, -0.1) is 11.6 Å². The van der Waals surface area contributed by atoms with Crippen molar-refractivity contribution in [1.82, 2.24) is 4.90 Å². The van der Waals surface area contributed by atoms with Crippen molar-refractivity contribution in [3.63, 3.8) is 0 Å². The van der Waals surface area contributed by atoms with E-state index in [2.05, 4.69) is 6.92 Å². The number of aryl methyl sites for hydroxylation is 2. The second kappa shape index (κ2) is 27.6. The number of aromatic carboxylic acids is 1. The first-order valence-electron chi connectivity index (χ1n) is 20.7. The number of para-hydroxylation sites is 1. The molecule has 0 saturated carbocycles. The highest BCUT2D eigenvalue weighted by atomic mass is 35.5. The molecule has 0 aliphatic carbocycles. The van der Waals surface area contributed by atoms with Crippen molar-refractivity contribution < 1.29 is 75.6 Å². The highest BCUT2D eigenvalue weighted by Crippen LogP contribution is 2.39. The lowest BCUT2D eigenvalue weighted by molar-refractivity contribution is -0.385. The average Bonchev–Trinajstić information content (AvgIpc) is 3.94. The maximum atomic E-state index is 12.6. The molecule has 5 N–H and O–H groups in total. The highest BCUT2D eigenvalue weighted by molar-refractivity contribution is 7.57. The molecule has 3 unspecified atom stereocenters. The second-order valence-corrected chi connectivity index (χ2v) is 19.6. The normalized spacial score (nSPS) is 15.1. The van der Waals surface area contributed by atoms with Crippen molar-refractivity contribution in [2.24, 2.45) is 5.73 Å². The first kappa shape index (κ1) is 61.2. The number of hydrogen-bond donors (Lipinski definition) is 4. The maximum absolute atomic E-state index is 12.6. The predicted molar refractivity (Wildman–Crippen MR) is 257 cm³/mol. The number of halogens is 7. The van der Waals surface area contributed by atoms with Crippen LogP contribution in [-0.4, -0.2) is 104 Å². The van der Waals surface area contributed by atoms with Gasteiger partial charge in [0.25, 0.3) is 11.6 Å². The molecule has 0 bridgehead atoms. The molecule has 3 aromatic carbocycles. The summed E-state index contributed by atoms with van der Waals surface area (Å²) >= 11 is 22.6. The Labute approximate surface area is 420 Å². The van der Waals surface area contributed by atoms with Gasteiger partial charge in [0.1, 0.15) is 53.3 Å². The van der Waals surface area contributed by atoms with E-state index >= 15 is 0 Å². The molecule has 2 amide bonds. The molecular weight excluding hydrogens is 1040 g/mol. The van der Waals surface area contributed by atoms with Gasteiger partial charge in [0.15, 0.2) is 12.2 Å². The summed E-state index contributed by atoms with van der Waals surface area (Å²) in [6, 6.07) is 13.9. The van der Waals surface area contributed by atoms with Crippen LogP contribution in [0.5, 0.6) is 11.5 Å². The van der Waals surface area contributed by atoms with Crippen LogP contribution in [0.25, 0.3) is 0 Å². The van der Waals surface area contributed by atoms with Gasteiger partial charge in [0.2, 0.25) is 5.91 Å². The molecule has 0 radical (unpaired) electrons. The summed E-state index contributed by atoms with van der Waals surface area (Å²) < 4.78 is 70.0. The van der Waals surface area contributed by atoms with E-state index in [9.17, 15) is 47.0 Å². The SMILES string of the molecule is CC1(C)OC(c2ccco2)CN1C(=O)C(Cl)Cl.CCOCN(C(=O)CCl)c1c(C)cccc1CC.CP(=O)(O)CCC(N)C(=O)O.O=C(O)c1cc(Oc2ccc(C(F)(F)F)cc2Cl)ccc1[N+](=O)[O-]. The number of nitrogens with zero attached hydrogens (tertiary/aromatic N) is 3. The minimum absolute atomic E-state index is 0.0371. The van der Waals surface area contributed by atoms with Crippen LogP contribution >= 0.6 is 53.8 Å². The molecule has 70 heavy (non-hydrogen) atoms. The lowest BCUT2D eigenvalue weighted by Crippen LogP contribution is -2.45. The Hall–Kier alpha value is -4.96. The average molecular weight is 1090 g/mol. The fraction of sp³-hybridized carbons (Fsp3) is 0.409. The Bertz CT molecular complexity index is 2460. The topological polar surface area (TPSA) is 263 Å². The number of carbonyl (C=O) groups is 4. The van der Waals surface area contributed by atoms with E-state index in [-0.39, 0.29) is 59.6 Å². The first-order valence-corrected chi connectivity index (χ1v) is 24.7. The minimum atomic E-state index is -4.58. The minimum Gasteiger partial charge on any atom is -0.480 e. The summed E-state index contributed by atoms with van der Waals surface area (Å²) in [4.78, 5) is 65.6. The zero-order chi connectivity index (χ0) is 53.3. The summed E-state index contributed by atoms with van der Waals surface area (Å²) in [6.45, 7) is 11.9. The fourth-order valence-electron chi connectivity index (χ4n) is 6.14. The lowest BCUT2D eigenvalue weighted by atomic mass is 10.0. The van der Waals surface area contributed by atoms with Gasteiger partial charge in [-0.1, -0.05) is 59.9 Å². The van der Waals surface area contributed by atoms with Crippen molar-refractivity contribution in [3.05, 3.63) is 116 Å². The number of alkyl halides is 6. The highest BCUT2D eigenvalue weighted by Gasteiger charge is 2.45. The van der Waals surface area contributed by atoms with Crippen LogP contribution in [-0.2, 0) is 41.0 Å². The van der Waals surface area contributed by atoms with Crippen LogP contribution in [0.15, 0.2) is 77.4 Å². The van der Waals surface area contributed by atoms with Crippen LogP contribution in [0.2, 0.25) is 5.02 Å². The van der Waals surface area contributed by atoms with E-state index < -0.39 is 63.8 Å². The number of benzene rings is 3. The molecule has 386 valence electrons. The van der Waals surface area contributed by atoms with E-state index in [1.54, 1.807) is 31.1 Å². The number of carbonyl (C=O) groups excluding carboxylic acids is 2. The Morgan fingerprint density at radius 2 is 1.73 bits per heavy atom. The molecule has 1 aliphatic rings. The third-order valence-electron chi connectivity index (χ3n) is 9.61.